The minimum absolute atomic E-state index is 0.251. The molecule has 3 heterocycles. The van der Waals surface area contributed by atoms with Gasteiger partial charge in [0.05, 0.1) is 17.6 Å². The Labute approximate surface area is 137 Å². The molecule has 3 aromatic rings. The summed E-state index contributed by atoms with van der Waals surface area (Å²) in [6, 6.07) is 11.8. The van der Waals surface area contributed by atoms with E-state index in [0.29, 0.717) is 0 Å². The van der Waals surface area contributed by atoms with Crippen LogP contribution >= 0.6 is 0 Å². The zero-order valence-electron chi connectivity index (χ0n) is 12.7. The molecule has 0 atom stereocenters. The maximum absolute atomic E-state index is 5.83. The van der Waals surface area contributed by atoms with Gasteiger partial charge >= 0.3 is 0 Å². The first-order valence-corrected chi connectivity index (χ1v) is 7.59. The van der Waals surface area contributed by atoms with E-state index in [-0.39, 0.29) is 6.79 Å². The van der Waals surface area contributed by atoms with Gasteiger partial charge in [-0.05, 0) is 35.6 Å². The highest BCUT2D eigenvalue weighted by Crippen LogP contribution is 2.28. The molecule has 118 valence electrons. The van der Waals surface area contributed by atoms with E-state index in [0.717, 1.165) is 44.6 Å². The summed E-state index contributed by atoms with van der Waals surface area (Å²) in [6.07, 6.45) is 5.63. The van der Waals surface area contributed by atoms with Gasteiger partial charge in [0.2, 0.25) is 6.79 Å². The Morgan fingerprint density at radius 2 is 1.88 bits per heavy atom. The van der Waals surface area contributed by atoms with Crippen LogP contribution in [0.15, 0.2) is 48.9 Å². The Balaban J connectivity index is 1.86. The van der Waals surface area contributed by atoms with Crippen molar-refractivity contribution in [2.75, 3.05) is 18.0 Å². The van der Waals surface area contributed by atoms with E-state index in [4.69, 9.17) is 15.2 Å². The van der Waals surface area contributed by atoms with Crippen molar-refractivity contribution < 1.29 is 9.47 Å². The van der Waals surface area contributed by atoms with Crippen molar-refractivity contribution in [3.8, 4) is 11.5 Å². The molecule has 6 nitrogen and oxygen atoms in total. The molecule has 0 bridgehead atoms. The van der Waals surface area contributed by atoms with Gasteiger partial charge in [0.25, 0.3) is 0 Å². The molecule has 5 rings (SSSR count). The average molecular weight is 318 g/mol. The lowest BCUT2D eigenvalue weighted by Gasteiger charge is -2.13. The molecule has 0 fully saturated rings. The molecule has 0 spiro atoms. The number of nitrogens with one attached hydrogen (secondary N) is 1. The van der Waals surface area contributed by atoms with Crippen LogP contribution in [0.2, 0.25) is 0 Å². The number of anilines is 1. The van der Waals surface area contributed by atoms with Gasteiger partial charge < -0.3 is 15.2 Å². The lowest BCUT2D eigenvalue weighted by Crippen LogP contribution is -2.29. The summed E-state index contributed by atoms with van der Waals surface area (Å²) in [7, 11) is 0. The van der Waals surface area contributed by atoms with Crippen LogP contribution in [0.25, 0.3) is 11.8 Å². The van der Waals surface area contributed by atoms with Crippen LogP contribution in [0, 0.1) is 0 Å². The van der Waals surface area contributed by atoms with E-state index in [9.17, 15) is 0 Å². The zero-order valence-corrected chi connectivity index (χ0v) is 12.7. The first-order chi connectivity index (χ1) is 11.8. The Bertz CT molecular complexity index is 1070. The molecule has 2 aromatic carbocycles. The Morgan fingerprint density at radius 3 is 2.71 bits per heavy atom. The van der Waals surface area contributed by atoms with Crippen LogP contribution in [-0.4, -0.2) is 16.5 Å². The predicted molar refractivity (Wildman–Crippen MR) is 90.3 cm³/mol. The number of nitrogen functional groups attached to an aromatic ring is 1. The van der Waals surface area contributed by atoms with E-state index in [1.165, 1.54) is 0 Å². The van der Waals surface area contributed by atoms with Gasteiger partial charge in [-0.3, -0.25) is 5.43 Å². The van der Waals surface area contributed by atoms with Crippen LogP contribution in [0.4, 0.5) is 5.69 Å². The van der Waals surface area contributed by atoms with Crippen molar-refractivity contribution in [1.29, 1.82) is 0 Å². The minimum Gasteiger partial charge on any atom is -0.454 e. The lowest BCUT2D eigenvalue weighted by atomic mass is 10.1. The molecule has 1 aromatic heterocycles. The summed E-state index contributed by atoms with van der Waals surface area (Å²) in [4.78, 5) is 4.21. The van der Waals surface area contributed by atoms with Crippen molar-refractivity contribution >= 4 is 17.5 Å². The van der Waals surface area contributed by atoms with Gasteiger partial charge in [-0.15, -0.1) is 0 Å². The van der Waals surface area contributed by atoms with Crippen LogP contribution in [0.1, 0.15) is 11.3 Å². The summed E-state index contributed by atoms with van der Waals surface area (Å²) in [5.41, 5.74) is 12.9. The van der Waals surface area contributed by atoms with Crippen LogP contribution < -0.4 is 31.1 Å². The summed E-state index contributed by atoms with van der Waals surface area (Å²) < 4.78 is 13.0. The van der Waals surface area contributed by atoms with Gasteiger partial charge in [-0.25, -0.2) is 9.66 Å². The lowest BCUT2D eigenvalue weighted by molar-refractivity contribution is 0.174. The topological polar surface area (TPSA) is 74.3 Å². The second-order valence-electron chi connectivity index (χ2n) is 5.73. The van der Waals surface area contributed by atoms with Gasteiger partial charge in [0.15, 0.2) is 11.5 Å². The Kier molecular flexibility index (Phi) is 2.61. The van der Waals surface area contributed by atoms with E-state index in [1.807, 2.05) is 47.3 Å². The molecule has 0 amide bonds. The minimum atomic E-state index is 0.251. The van der Waals surface area contributed by atoms with E-state index >= 15 is 0 Å². The number of ether oxygens (including phenoxy) is 2. The Hall–Kier alpha value is -3.41. The van der Waals surface area contributed by atoms with Crippen molar-refractivity contribution in [3.63, 3.8) is 0 Å². The second kappa shape index (κ2) is 4.79. The van der Waals surface area contributed by atoms with E-state index in [1.54, 1.807) is 6.33 Å². The Morgan fingerprint density at radius 1 is 1.08 bits per heavy atom. The summed E-state index contributed by atoms with van der Waals surface area (Å²) in [5.74, 6) is 1.51. The third kappa shape index (κ3) is 1.93. The van der Waals surface area contributed by atoms with Crippen LogP contribution in [-0.2, 0) is 0 Å². The molecule has 0 radical (unpaired) electrons. The smallest absolute Gasteiger partial charge is 0.231 e. The highest BCUT2D eigenvalue weighted by atomic mass is 16.7. The molecule has 6 heteroatoms. The molecular formula is C18H14N4O2. The predicted octanol–water partition coefficient (Wildman–Crippen LogP) is 0.736. The number of hydrogen-bond acceptors (Lipinski definition) is 5. The number of hydrogen-bond donors (Lipinski definition) is 2. The highest BCUT2D eigenvalue weighted by molar-refractivity contribution is 5.73. The molecule has 2 aliphatic heterocycles. The summed E-state index contributed by atoms with van der Waals surface area (Å²) in [5, 5.41) is 2.07. The molecule has 24 heavy (non-hydrogen) atoms. The van der Waals surface area contributed by atoms with Gasteiger partial charge in [-0.1, -0.05) is 12.1 Å². The number of aromatic nitrogens is 2. The molecule has 0 saturated heterocycles. The summed E-state index contributed by atoms with van der Waals surface area (Å²) >= 11 is 0. The van der Waals surface area contributed by atoms with Gasteiger partial charge in [-0.2, -0.15) is 0 Å². The molecule has 0 aliphatic carbocycles. The quantitative estimate of drug-likeness (QED) is 0.647. The number of nitrogens with two attached hydrogens (primary N) is 1. The van der Waals surface area contributed by atoms with E-state index in [2.05, 4.69) is 16.5 Å². The van der Waals surface area contributed by atoms with E-state index < -0.39 is 0 Å². The number of fused-ring (bicyclic) bond motifs is 3. The zero-order chi connectivity index (χ0) is 16.1. The maximum Gasteiger partial charge on any atom is 0.231 e. The second-order valence-corrected chi connectivity index (χ2v) is 5.73. The first-order valence-electron chi connectivity index (χ1n) is 7.59. The van der Waals surface area contributed by atoms with Crippen molar-refractivity contribution in [3.05, 3.63) is 70.6 Å². The molecule has 0 unspecified atom stereocenters. The van der Waals surface area contributed by atoms with Gasteiger partial charge in [0.1, 0.15) is 6.33 Å². The number of nitrogens with zero attached hydrogens (tertiary/aromatic N) is 2. The molecule has 2 aliphatic rings. The highest BCUT2D eigenvalue weighted by Gasteiger charge is 2.17. The van der Waals surface area contributed by atoms with Crippen molar-refractivity contribution in [1.82, 2.24) is 9.66 Å². The number of imidazole rings is 1. The molecule has 0 saturated carbocycles. The molecular weight excluding hydrogens is 304 g/mol. The fourth-order valence-electron chi connectivity index (χ4n) is 3.01. The summed E-state index contributed by atoms with van der Waals surface area (Å²) in [6.45, 7) is 0.251. The van der Waals surface area contributed by atoms with Crippen LogP contribution in [0.5, 0.6) is 11.5 Å². The third-order valence-corrected chi connectivity index (χ3v) is 4.22. The monoisotopic (exact) mass is 318 g/mol. The van der Waals surface area contributed by atoms with Crippen molar-refractivity contribution in [2.24, 2.45) is 0 Å². The standard InChI is InChI=1S/C18H14N4O2/c19-13-3-1-11(2-4-13)18-15-7-17-16(23-10-24-17)6-12(15)5-14-8-20-9-22(14)21-18/h1-9,21H,10,19H2. The number of benzene rings is 2. The van der Waals surface area contributed by atoms with Crippen molar-refractivity contribution in [2.45, 2.75) is 0 Å². The normalized spacial score (nSPS) is 14.2. The van der Waals surface area contributed by atoms with Crippen LogP contribution in [0.3, 0.4) is 0 Å². The maximum atomic E-state index is 5.83. The fraction of sp³-hybridized carbons (Fsp3) is 0.0556. The number of rotatable bonds is 1. The molecule has 3 N–H and O–H groups in total. The average Bonchev–Trinajstić information content (AvgIpc) is 3.19. The fourth-order valence-corrected chi connectivity index (χ4v) is 3.01. The third-order valence-electron chi connectivity index (χ3n) is 4.22. The largest absolute Gasteiger partial charge is 0.454 e. The SMILES string of the molecule is Nc1ccc(C2=c3cc4c(cc3=Cc3cncn3N2)OCO4)cc1. The first kappa shape index (κ1) is 13.1. The van der Waals surface area contributed by atoms with Gasteiger partial charge in [0, 0.05) is 16.5 Å².